The molecule has 0 aliphatic carbocycles. The number of hydrogen-bond donors (Lipinski definition) is 1. The van der Waals surface area contributed by atoms with E-state index < -0.39 is 0 Å². The molecule has 1 heterocycles. The molecular formula is C22H35N5O. The van der Waals surface area contributed by atoms with E-state index in [9.17, 15) is 4.79 Å². The Hall–Kier alpha value is -2.50. The van der Waals surface area contributed by atoms with Crippen LogP contribution in [0.5, 0.6) is 0 Å². The molecule has 1 fully saturated rings. The van der Waals surface area contributed by atoms with Gasteiger partial charge in [0.15, 0.2) is 5.96 Å². The second kappa shape index (κ2) is 12.1. The van der Waals surface area contributed by atoms with Crippen molar-refractivity contribution >= 4 is 17.6 Å². The number of benzene rings is 1. The number of piperazine rings is 1. The molecule has 154 valence electrons. The van der Waals surface area contributed by atoms with Crippen LogP contribution in [0.15, 0.2) is 48.0 Å². The second-order valence-electron chi connectivity index (χ2n) is 7.04. The molecule has 1 saturated heterocycles. The molecule has 0 bridgehead atoms. The highest BCUT2D eigenvalue weighted by atomic mass is 16.2. The number of nitrogens with one attached hydrogen (secondary N) is 1. The summed E-state index contributed by atoms with van der Waals surface area (Å²) in [6.45, 7) is 11.4. The Balaban J connectivity index is 1.77. The first kappa shape index (κ1) is 21.8. The number of carbonyl (C=O) groups excluding carboxylic acids is 1. The van der Waals surface area contributed by atoms with Crippen molar-refractivity contribution in [1.29, 1.82) is 0 Å². The number of para-hydroxylation sites is 1. The zero-order valence-corrected chi connectivity index (χ0v) is 17.4. The van der Waals surface area contributed by atoms with Crippen molar-refractivity contribution < 1.29 is 4.79 Å². The van der Waals surface area contributed by atoms with Crippen molar-refractivity contribution in [2.24, 2.45) is 4.99 Å². The average Bonchev–Trinajstić information content (AvgIpc) is 2.74. The van der Waals surface area contributed by atoms with Gasteiger partial charge in [-0.1, -0.05) is 24.3 Å². The van der Waals surface area contributed by atoms with E-state index in [1.807, 2.05) is 24.1 Å². The number of hydrogen-bond acceptors (Lipinski definition) is 3. The van der Waals surface area contributed by atoms with Gasteiger partial charge in [-0.15, -0.1) is 6.58 Å². The fourth-order valence-corrected chi connectivity index (χ4v) is 3.32. The molecule has 1 aromatic carbocycles. The Morgan fingerprint density at radius 3 is 2.61 bits per heavy atom. The first-order valence-electron chi connectivity index (χ1n) is 10.3. The molecule has 0 aromatic heterocycles. The number of amides is 1. The molecule has 1 aromatic rings. The van der Waals surface area contributed by atoms with E-state index in [2.05, 4.69) is 57.9 Å². The van der Waals surface area contributed by atoms with Gasteiger partial charge in [-0.2, -0.15) is 0 Å². The maximum atomic E-state index is 12.6. The lowest BCUT2D eigenvalue weighted by molar-refractivity contribution is -0.131. The predicted molar refractivity (Wildman–Crippen MR) is 118 cm³/mol. The van der Waals surface area contributed by atoms with Gasteiger partial charge in [0.1, 0.15) is 0 Å². The summed E-state index contributed by atoms with van der Waals surface area (Å²) < 4.78 is 0. The van der Waals surface area contributed by atoms with Crippen LogP contribution in [0.3, 0.4) is 0 Å². The molecule has 2 rings (SSSR count). The normalized spacial score (nSPS) is 14.7. The Bertz CT molecular complexity index is 623. The minimum absolute atomic E-state index is 0.196. The Labute approximate surface area is 169 Å². The summed E-state index contributed by atoms with van der Waals surface area (Å²) in [4.78, 5) is 23.6. The number of aliphatic imine (C=N–C) groups is 1. The van der Waals surface area contributed by atoms with Crippen molar-refractivity contribution in [3.63, 3.8) is 0 Å². The van der Waals surface area contributed by atoms with Crippen LogP contribution in [0.4, 0.5) is 5.69 Å². The van der Waals surface area contributed by atoms with Gasteiger partial charge in [-0.3, -0.25) is 9.79 Å². The third-order valence-corrected chi connectivity index (χ3v) is 4.94. The summed E-state index contributed by atoms with van der Waals surface area (Å²) in [5, 5.41) is 3.31. The number of rotatable bonds is 9. The van der Waals surface area contributed by atoms with Crippen LogP contribution in [0.25, 0.3) is 0 Å². The largest absolute Gasteiger partial charge is 0.368 e. The minimum atomic E-state index is 0.196. The van der Waals surface area contributed by atoms with Gasteiger partial charge in [-0.05, 0) is 31.9 Å². The van der Waals surface area contributed by atoms with Gasteiger partial charge in [0.2, 0.25) is 5.91 Å². The van der Waals surface area contributed by atoms with Crippen molar-refractivity contribution in [3.05, 3.63) is 43.0 Å². The van der Waals surface area contributed by atoms with Crippen LogP contribution in [0, 0.1) is 0 Å². The van der Waals surface area contributed by atoms with E-state index in [0.717, 1.165) is 58.1 Å². The van der Waals surface area contributed by atoms with E-state index >= 15 is 0 Å². The summed E-state index contributed by atoms with van der Waals surface area (Å²) in [5.74, 6) is 1.06. The van der Waals surface area contributed by atoms with Crippen LogP contribution >= 0.6 is 0 Å². The first-order valence-corrected chi connectivity index (χ1v) is 10.3. The molecular weight excluding hydrogens is 350 g/mol. The smallest absolute Gasteiger partial charge is 0.224 e. The summed E-state index contributed by atoms with van der Waals surface area (Å²) in [5.41, 5.74) is 1.23. The van der Waals surface area contributed by atoms with Gasteiger partial charge in [0.25, 0.3) is 0 Å². The zero-order chi connectivity index (χ0) is 20.2. The highest BCUT2D eigenvalue weighted by molar-refractivity contribution is 5.81. The lowest BCUT2D eigenvalue weighted by Crippen LogP contribution is -2.49. The van der Waals surface area contributed by atoms with Crippen LogP contribution in [0.1, 0.15) is 26.2 Å². The number of unbranched alkanes of at least 4 members (excludes halogenated alkanes) is 1. The molecule has 0 saturated carbocycles. The fraction of sp³-hybridized carbons (Fsp3) is 0.545. The molecule has 28 heavy (non-hydrogen) atoms. The fourth-order valence-electron chi connectivity index (χ4n) is 3.32. The van der Waals surface area contributed by atoms with E-state index in [4.69, 9.17) is 0 Å². The van der Waals surface area contributed by atoms with Gasteiger partial charge >= 0.3 is 0 Å². The molecule has 0 atom stereocenters. The monoisotopic (exact) mass is 385 g/mol. The second-order valence-corrected chi connectivity index (χ2v) is 7.04. The molecule has 1 aliphatic heterocycles. The highest BCUT2D eigenvalue weighted by Crippen LogP contribution is 2.15. The maximum Gasteiger partial charge on any atom is 0.224 e. The summed E-state index contributed by atoms with van der Waals surface area (Å²) in [6, 6.07) is 10.4. The lowest BCUT2D eigenvalue weighted by Gasteiger charge is -2.36. The quantitative estimate of drug-likeness (QED) is 0.307. The van der Waals surface area contributed by atoms with Crippen LogP contribution in [-0.2, 0) is 4.79 Å². The third kappa shape index (κ3) is 6.91. The van der Waals surface area contributed by atoms with Crippen LogP contribution in [-0.4, -0.2) is 74.5 Å². The van der Waals surface area contributed by atoms with E-state index in [1.54, 1.807) is 0 Å². The van der Waals surface area contributed by atoms with Crippen LogP contribution < -0.4 is 10.2 Å². The predicted octanol–water partition coefficient (Wildman–Crippen LogP) is 2.59. The molecule has 0 spiro atoms. The number of anilines is 1. The van der Waals surface area contributed by atoms with Crippen molar-refractivity contribution in [1.82, 2.24) is 15.1 Å². The molecule has 1 N–H and O–H groups in total. The molecule has 0 radical (unpaired) electrons. The average molecular weight is 386 g/mol. The maximum absolute atomic E-state index is 12.6. The molecule has 1 aliphatic rings. The third-order valence-electron chi connectivity index (χ3n) is 4.94. The Kier molecular flexibility index (Phi) is 9.39. The Morgan fingerprint density at radius 2 is 1.96 bits per heavy atom. The summed E-state index contributed by atoms with van der Waals surface area (Å²) in [7, 11) is 2.04. The van der Waals surface area contributed by atoms with E-state index in [1.165, 1.54) is 5.69 Å². The molecule has 1 amide bonds. The number of allylic oxidation sites excluding steroid dienone is 1. The molecule has 0 unspecified atom stereocenters. The van der Waals surface area contributed by atoms with Gasteiger partial charge in [-0.25, -0.2) is 0 Å². The van der Waals surface area contributed by atoms with Gasteiger partial charge < -0.3 is 20.0 Å². The summed E-state index contributed by atoms with van der Waals surface area (Å²) in [6.07, 6.45) is 4.45. The topological polar surface area (TPSA) is 51.2 Å². The zero-order valence-electron chi connectivity index (χ0n) is 17.4. The van der Waals surface area contributed by atoms with Crippen molar-refractivity contribution in [2.45, 2.75) is 26.2 Å². The van der Waals surface area contributed by atoms with Gasteiger partial charge in [0, 0.05) is 58.4 Å². The first-order chi connectivity index (χ1) is 13.7. The molecule has 6 heteroatoms. The number of guanidine groups is 1. The van der Waals surface area contributed by atoms with Crippen molar-refractivity contribution in [2.75, 3.05) is 57.8 Å². The number of carbonyl (C=O) groups is 1. The lowest BCUT2D eigenvalue weighted by atomic mass is 10.2. The number of nitrogens with zero attached hydrogens (tertiary/aromatic N) is 4. The Morgan fingerprint density at radius 1 is 1.25 bits per heavy atom. The standard InChI is InChI=1S/C22H35N5O/c1-4-6-10-15-25(3)22(23-5-2)24-14-13-21(28)27-18-16-26(17-19-27)20-11-8-7-9-12-20/h4,7-9,11-12H,1,5-6,10,13-19H2,2-3H3,(H,23,24). The van der Waals surface area contributed by atoms with E-state index in [-0.39, 0.29) is 5.91 Å². The van der Waals surface area contributed by atoms with E-state index in [0.29, 0.717) is 13.0 Å². The van der Waals surface area contributed by atoms with Gasteiger partial charge in [0.05, 0.1) is 6.54 Å². The molecule has 6 nitrogen and oxygen atoms in total. The van der Waals surface area contributed by atoms with Crippen molar-refractivity contribution in [3.8, 4) is 0 Å². The van der Waals surface area contributed by atoms with Crippen LogP contribution in [0.2, 0.25) is 0 Å². The SMILES string of the molecule is C=CCCCN(C)C(=NCCC(=O)N1CCN(c2ccccc2)CC1)NCC. The summed E-state index contributed by atoms with van der Waals surface area (Å²) >= 11 is 0. The highest BCUT2D eigenvalue weighted by Gasteiger charge is 2.20. The minimum Gasteiger partial charge on any atom is -0.368 e.